The third kappa shape index (κ3) is 2.21. The van der Waals surface area contributed by atoms with Crippen molar-refractivity contribution in [3.05, 3.63) is 41.7 Å². The molecule has 2 aromatic rings. The zero-order chi connectivity index (χ0) is 13.2. The average molecular weight is 254 g/mol. The number of benzene rings is 1. The van der Waals surface area contributed by atoms with Crippen LogP contribution in [0.2, 0.25) is 0 Å². The molecule has 0 fully saturated rings. The van der Waals surface area contributed by atoms with E-state index < -0.39 is 0 Å². The van der Waals surface area contributed by atoms with E-state index in [1.165, 1.54) is 0 Å². The van der Waals surface area contributed by atoms with Crippen LogP contribution in [0.15, 0.2) is 35.9 Å². The Morgan fingerprint density at radius 2 is 2.21 bits per heavy atom. The Bertz CT molecular complexity index is 652. The molecular weight excluding hydrogens is 236 g/mol. The van der Waals surface area contributed by atoms with Gasteiger partial charge in [-0.2, -0.15) is 0 Å². The molecule has 0 spiro atoms. The number of aromatic nitrogens is 2. The molecule has 0 bridgehead atoms. The van der Waals surface area contributed by atoms with Crippen molar-refractivity contribution in [3.63, 3.8) is 0 Å². The summed E-state index contributed by atoms with van der Waals surface area (Å²) in [5.74, 6) is 1.13. The summed E-state index contributed by atoms with van der Waals surface area (Å²) in [6.45, 7) is 2.94. The van der Waals surface area contributed by atoms with Gasteiger partial charge in [0.1, 0.15) is 5.82 Å². The number of para-hydroxylation sites is 2. The quantitative estimate of drug-likeness (QED) is 0.839. The van der Waals surface area contributed by atoms with Gasteiger partial charge >= 0.3 is 0 Å². The Morgan fingerprint density at radius 3 is 2.95 bits per heavy atom. The molecule has 3 heteroatoms. The number of nitrogens with zero attached hydrogens (tertiary/aromatic N) is 2. The molecule has 0 radical (unpaired) electrons. The van der Waals surface area contributed by atoms with Crippen molar-refractivity contribution in [2.75, 3.05) is 0 Å². The standard InChI is InChI=1S/C16H18N2O/c1-2-18-14-10-6-5-9-13(14)17-16(18)11-15(19)12-7-3-4-8-12/h5-7,9-10H,2-4,8,11H2,1H3. The van der Waals surface area contributed by atoms with Crippen molar-refractivity contribution in [2.24, 2.45) is 0 Å². The molecule has 1 aliphatic rings. The molecule has 1 aromatic heterocycles. The highest BCUT2D eigenvalue weighted by Gasteiger charge is 2.17. The molecule has 0 aliphatic heterocycles. The van der Waals surface area contributed by atoms with E-state index in [2.05, 4.69) is 28.6 Å². The van der Waals surface area contributed by atoms with Gasteiger partial charge in [-0.15, -0.1) is 0 Å². The van der Waals surface area contributed by atoms with Crippen LogP contribution in [0.5, 0.6) is 0 Å². The minimum atomic E-state index is 0.238. The molecule has 98 valence electrons. The Labute approximate surface area is 113 Å². The maximum atomic E-state index is 12.2. The maximum Gasteiger partial charge on any atom is 0.166 e. The first-order valence-corrected chi connectivity index (χ1v) is 6.96. The van der Waals surface area contributed by atoms with Crippen LogP contribution in [0.25, 0.3) is 11.0 Å². The van der Waals surface area contributed by atoms with Crippen LogP contribution >= 0.6 is 0 Å². The molecule has 1 aliphatic carbocycles. The van der Waals surface area contributed by atoms with Crippen LogP contribution in [-0.2, 0) is 17.8 Å². The van der Waals surface area contributed by atoms with Crippen LogP contribution in [-0.4, -0.2) is 15.3 Å². The smallest absolute Gasteiger partial charge is 0.166 e. The largest absolute Gasteiger partial charge is 0.328 e. The van der Waals surface area contributed by atoms with Gasteiger partial charge in [-0.05, 0) is 43.9 Å². The average Bonchev–Trinajstić information content (AvgIpc) is 3.05. The van der Waals surface area contributed by atoms with Crippen LogP contribution in [0, 0.1) is 0 Å². The molecule has 0 unspecified atom stereocenters. The zero-order valence-corrected chi connectivity index (χ0v) is 11.2. The molecule has 1 heterocycles. The summed E-state index contributed by atoms with van der Waals surface area (Å²) < 4.78 is 2.14. The van der Waals surface area contributed by atoms with Gasteiger partial charge in [-0.25, -0.2) is 4.98 Å². The molecule has 19 heavy (non-hydrogen) atoms. The highest BCUT2D eigenvalue weighted by atomic mass is 16.1. The van der Waals surface area contributed by atoms with Gasteiger partial charge in [-0.3, -0.25) is 4.79 Å². The second-order valence-corrected chi connectivity index (χ2v) is 4.98. The number of hydrogen-bond donors (Lipinski definition) is 0. The molecular formula is C16H18N2O. The van der Waals surface area contributed by atoms with Crippen molar-refractivity contribution < 1.29 is 4.79 Å². The van der Waals surface area contributed by atoms with Gasteiger partial charge < -0.3 is 4.57 Å². The first kappa shape index (κ1) is 12.2. The van der Waals surface area contributed by atoms with Gasteiger partial charge in [0.2, 0.25) is 0 Å². The lowest BCUT2D eigenvalue weighted by atomic mass is 10.1. The number of aryl methyl sites for hydroxylation is 1. The number of carbonyl (C=O) groups is 1. The fourth-order valence-corrected chi connectivity index (χ4v) is 2.79. The normalized spacial score (nSPS) is 14.9. The lowest BCUT2D eigenvalue weighted by Crippen LogP contribution is -2.10. The second-order valence-electron chi connectivity index (χ2n) is 4.98. The van der Waals surface area contributed by atoms with E-state index in [0.29, 0.717) is 6.42 Å². The molecule has 3 nitrogen and oxygen atoms in total. The minimum Gasteiger partial charge on any atom is -0.328 e. The lowest BCUT2D eigenvalue weighted by molar-refractivity contribution is -0.115. The number of fused-ring (bicyclic) bond motifs is 1. The molecule has 0 saturated carbocycles. The van der Waals surface area contributed by atoms with Crippen LogP contribution in [0.3, 0.4) is 0 Å². The number of ketones is 1. The van der Waals surface area contributed by atoms with Crippen molar-refractivity contribution in [3.8, 4) is 0 Å². The predicted octanol–water partition coefficient (Wildman–Crippen LogP) is 3.28. The van der Waals surface area contributed by atoms with Gasteiger partial charge in [0.25, 0.3) is 0 Å². The van der Waals surface area contributed by atoms with Crippen molar-refractivity contribution in [2.45, 2.75) is 39.2 Å². The first-order chi connectivity index (χ1) is 9.29. The van der Waals surface area contributed by atoms with E-state index in [1.54, 1.807) is 0 Å². The first-order valence-electron chi connectivity index (χ1n) is 6.96. The highest BCUT2D eigenvalue weighted by Crippen LogP contribution is 2.21. The minimum absolute atomic E-state index is 0.238. The van der Waals surface area contributed by atoms with E-state index in [9.17, 15) is 4.79 Å². The zero-order valence-electron chi connectivity index (χ0n) is 11.2. The second kappa shape index (κ2) is 5.00. The van der Waals surface area contributed by atoms with Crippen LogP contribution < -0.4 is 0 Å². The molecule has 0 amide bonds. The topological polar surface area (TPSA) is 34.9 Å². The molecule has 0 saturated heterocycles. The Balaban J connectivity index is 1.94. The summed E-state index contributed by atoms with van der Waals surface area (Å²) in [5.41, 5.74) is 3.09. The summed E-state index contributed by atoms with van der Waals surface area (Å²) in [6.07, 6.45) is 5.61. The van der Waals surface area contributed by atoms with E-state index in [0.717, 1.165) is 48.2 Å². The monoisotopic (exact) mass is 254 g/mol. The molecule has 3 rings (SSSR count). The number of carbonyl (C=O) groups excluding carboxylic acids is 1. The predicted molar refractivity (Wildman–Crippen MR) is 76.1 cm³/mol. The third-order valence-electron chi connectivity index (χ3n) is 3.77. The number of allylic oxidation sites excluding steroid dienone is 2. The van der Waals surface area contributed by atoms with Crippen molar-refractivity contribution in [1.29, 1.82) is 0 Å². The van der Waals surface area contributed by atoms with Gasteiger partial charge in [-0.1, -0.05) is 18.2 Å². The highest BCUT2D eigenvalue weighted by molar-refractivity contribution is 5.97. The summed E-state index contributed by atoms with van der Waals surface area (Å²) in [6, 6.07) is 8.07. The Kier molecular flexibility index (Phi) is 3.20. The maximum absolute atomic E-state index is 12.2. The summed E-state index contributed by atoms with van der Waals surface area (Å²) in [7, 11) is 0. The van der Waals surface area contributed by atoms with Crippen molar-refractivity contribution in [1.82, 2.24) is 9.55 Å². The van der Waals surface area contributed by atoms with E-state index in [4.69, 9.17) is 0 Å². The summed E-state index contributed by atoms with van der Waals surface area (Å²) in [4.78, 5) is 16.8. The SMILES string of the molecule is CCn1c(CC(=O)C2=CCCC2)nc2ccccc21. The van der Waals surface area contributed by atoms with E-state index in [-0.39, 0.29) is 5.78 Å². The molecule has 0 atom stereocenters. The Morgan fingerprint density at radius 1 is 1.37 bits per heavy atom. The summed E-state index contributed by atoms with van der Waals surface area (Å²) in [5, 5.41) is 0. The van der Waals surface area contributed by atoms with E-state index >= 15 is 0 Å². The fourth-order valence-electron chi connectivity index (χ4n) is 2.79. The fraction of sp³-hybridized carbons (Fsp3) is 0.375. The van der Waals surface area contributed by atoms with Gasteiger partial charge in [0.05, 0.1) is 17.5 Å². The van der Waals surface area contributed by atoms with Gasteiger partial charge in [0.15, 0.2) is 5.78 Å². The number of Topliss-reactive ketones (excluding diaryl/α,β-unsaturated/α-hetero) is 1. The number of imidazole rings is 1. The lowest BCUT2D eigenvalue weighted by Gasteiger charge is -2.05. The molecule has 0 N–H and O–H groups in total. The van der Waals surface area contributed by atoms with E-state index in [1.807, 2.05) is 18.2 Å². The van der Waals surface area contributed by atoms with Crippen molar-refractivity contribution >= 4 is 16.8 Å². The van der Waals surface area contributed by atoms with Crippen LogP contribution in [0.4, 0.5) is 0 Å². The molecule has 1 aromatic carbocycles. The summed E-state index contributed by atoms with van der Waals surface area (Å²) >= 11 is 0. The third-order valence-corrected chi connectivity index (χ3v) is 3.77. The Hall–Kier alpha value is -1.90. The van der Waals surface area contributed by atoms with Crippen LogP contribution in [0.1, 0.15) is 32.0 Å². The van der Waals surface area contributed by atoms with Gasteiger partial charge in [0, 0.05) is 6.54 Å². The number of rotatable bonds is 4. The number of hydrogen-bond acceptors (Lipinski definition) is 2.